The van der Waals surface area contributed by atoms with Crippen LogP contribution >= 0.6 is 11.6 Å². The lowest BCUT2D eigenvalue weighted by molar-refractivity contribution is 0.0787. The minimum Gasteiger partial charge on any atom is -0.282 e. The van der Waals surface area contributed by atoms with Gasteiger partial charge in [-0.05, 0) is 43.0 Å². The Morgan fingerprint density at radius 1 is 1.22 bits per heavy atom. The standard InChI is InChI=1S/C15H14ClN3O3S/c16-10-3-5-11(6-4-10)23(21,22)19-14(9-1-2-9)7-13-12(15(19)20)8-17-18-13/h3-6,8-9,14H,1-2,7H2,(H,17,18). The smallest absolute Gasteiger partial charge is 0.271 e. The fourth-order valence-corrected chi connectivity index (χ4v) is 4.81. The van der Waals surface area contributed by atoms with Crippen molar-refractivity contribution < 1.29 is 13.2 Å². The van der Waals surface area contributed by atoms with E-state index in [9.17, 15) is 13.2 Å². The molecule has 1 amide bonds. The van der Waals surface area contributed by atoms with Crippen LogP contribution in [0.3, 0.4) is 0 Å². The number of carbonyl (C=O) groups is 1. The Bertz CT molecular complexity index is 872. The normalized spacial score (nSPS) is 21.3. The van der Waals surface area contributed by atoms with E-state index in [1.165, 1.54) is 30.5 Å². The Morgan fingerprint density at radius 2 is 1.91 bits per heavy atom. The van der Waals surface area contributed by atoms with E-state index in [4.69, 9.17) is 11.6 Å². The Hall–Kier alpha value is -1.86. The fourth-order valence-electron chi connectivity index (χ4n) is 3.06. The van der Waals surface area contributed by atoms with Crippen LogP contribution in [0.5, 0.6) is 0 Å². The van der Waals surface area contributed by atoms with Crippen molar-refractivity contribution in [3.8, 4) is 0 Å². The van der Waals surface area contributed by atoms with Gasteiger partial charge in [-0.2, -0.15) is 5.10 Å². The van der Waals surface area contributed by atoms with Crippen LogP contribution in [-0.2, 0) is 16.4 Å². The van der Waals surface area contributed by atoms with Gasteiger partial charge in [0.15, 0.2) is 0 Å². The number of fused-ring (bicyclic) bond motifs is 1. The number of aromatic amines is 1. The summed E-state index contributed by atoms with van der Waals surface area (Å²) in [5.74, 6) is -0.288. The monoisotopic (exact) mass is 351 g/mol. The second-order valence-corrected chi connectivity index (χ2v) is 8.18. The summed E-state index contributed by atoms with van der Waals surface area (Å²) in [6.45, 7) is 0. The molecule has 1 aromatic heterocycles. The van der Waals surface area contributed by atoms with E-state index in [-0.39, 0.29) is 16.9 Å². The molecule has 1 saturated carbocycles. The summed E-state index contributed by atoms with van der Waals surface area (Å²) in [5.41, 5.74) is 1.05. The van der Waals surface area contributed by atoms with E-state index in [0.717, 1.165) is 22.8 Å². The molecule has 0 spiro atoms. The average molecular weight is 352 g/mol. The van der Waals surface area contributed by atoms with Crippen LogP contribution in [0.4, 0.5) is 0 Å². The predicted octanol–water partition coefficient (Wildman–Crippen LogP) is 2.23. The molecule has 1 aliphatic carbocycles. The quantitative estimate of drug-likeness (QED) is 0.919. The van der Waals surface area contributed by atoms with E-state index < -0.39 is 15.9 Å². The highest BCUT2D eigenvalue weighted by molar-refractivity contribution is 7.89. The number of nitrogens with one attached hydrogen (secondary N) is 1. The van der Waals surface area contributed by atoms with Gasteiger partial charge in [-0.25, -0.2) is 12.7 Å². The summed E-state index contributed by atoms with van der Waals surface area (Å²) in [6.07, 6.45) is 3.76. The Morgan fingerprint density at radius 3 is 2.57 bits per heavy atom. The molecule has 4 rings (SSSR count). The van der Waals surface area contributed by atoms with Gasteiger partial charge in [0.2, 0.25) is 0 Å². The summed E-state index contributed by atoms with van der Waals surface area (Å²) in [6, 6.07) is 5.53. The lowest BCUT2D eigenvalue weighted by Crippen LogP contribution is -2.49. The number of halogens is 1. The number of amides is 1. The zero-order valence-electron chi connectivity index (χ0n) is 12.1. The van der Waals surface area contributed by atoms with E-state index in [1.807, 2.05) is 0 Å². The van der Waals surface area contributed by atoms with Crippen LogP contribution in [0.1, 0.15) is 28.9 Å². The number of rotatable bonds is 3. The van der Waals surface area contributed by atoms with Crippen molar-refractivity contribution in [2.24, 2.45) is 5.92 Å². The number of sulfonamides is 1. The maximum Gasteiger partial charge on any atom is 0.271 e. The maximum atomic E-state index is 13.0. The molecule has 2 aliphatic rings. The zero-order valence-corrected chi connectivity index (χ0v) is 13.6. The lowest BCUT2D eigenvalue weighted by Gasteiger charge is -2.34. The van der Waals surface area contributed by atoms with Gasteiger partial charge >= 0.3 is 0 Å². The molecule has 120 valence electrons. The first kappa shape index (κ1) is 14.7. The minimum atomic E-state index is -3.92. The summed E-state index contributed by atoms with van der Waals surface area (Å²) < 4.78 is 27.1. The summed E-state index contributed by atoms with van der Waals surface area (Å²) >= 11 is 5.83. The molecule has 6 nitrogen and oxygen atoms in total. The van der Waals surface area contributed by atoms with Crippen LogP contribution in [0.2, 0.25) is 5.02 Å². The van der Waals surface area contributed by atoms with Gasteiger partial charge in [0, 0.05) is 11.4 Å². The molecule has 23 heavy (non-hydrogen) atoms. The van der Waals surface area contributed by atoms with Crippen LogP contribution in [0.15, 0.2) is 35.4 Å². The first-order valence-corrected chi connectivity index (χ1v) is 9.17. The van der Waals surface area contributed by atoms with Crippen molar-refractivity contribution in [3.05, 3.63) is 46.7 Å². The third kappa shape index (κ3) is 2.35. The number of aromatic nitrogens is 2. The Labute approximate surface area is 138 Å². The number of H-pyrrole nitrogens is 1. The van der Waals surface area contributed by atoms with Gasteiger partial charge in [-0.1, -0.05) is 11.6 Å². The summed E-state index contributed by atoms with van der Waals surface area (Å²) in [5, 5.41) is 7.14. The first-order valence-electron chi connectivity index (χ1n) is 7.35. The maximum absolute atomic E-state index is 13.0. The molecule has 1 aliphatic heterocycles. The molecule has 2 aromatic rings. The molecule has 1 atom stereocenters. The van der Waals surface area contributed by atoms with E-state index in [1.54, 1.807) is 0 Å². The molecule has 1 unspecified atom stereocenters. The lowest BCUT2D eigenvalue weighted by atomic mass is 9.99. The number of nitrogens with zero attached hydrogens (tertiary/aromatic N) is 2. The zero-order chi connectivity index (χ0) is 16.2. The highest BCUT2D eigenvalue weighted by Gasteiger charge is 2.47. The van der Waals surface area contributed by atoms with Gasteiger partial charge in [0.05, 0.1) is 28.4 Å². The molecule has 1 fully saturated rings. The molecule has 8 heteroatoms. The van der Waals surface area contributed by atoms with Crippen molar-refractivity contribution in [3.63, 3.8) is 0 Å². The molecule has 0 bridgehead atoms. The largest absolute Gasteiger partial charge is 0.282 e. The molecule has 2 heterocycles. The molecule has 1 aromatic carbocycles. The molecular weight excluding hydrogens is 338 g/mol. The second kappa shape index (κ2) is 5.07. The minimum absolute atomic E-state index is 0.0767. The highest BCUT2D eigenvalue weighted by atomic mass is 35.5. The number of benzene rings is 1. The van der Waals surface area contributed by atoms with Crippen LogP contribution in [0, 0.1) is 5.92 Å². The number of hydrogen-bond acceptors (Lipinski definition) is 4. The van der Waals surface area contributed by atoms with Crippen molar-refractivity contribution in [1.82, 2.24) is 14.5 Å². The van der Waals surface area contributed by atoms with Gasteiger partial charge in [0.25, 0.3) is 15.9 Å². The summed E-state index contributed by atoms with van der Waals surface area (Å²) in [4.78, 5) is 12.8. The number of carbonyl (C=O) groups excluding carboxylic acids is 1. The highest BCUT2D eigenvalue weighted by Crippen LogP contribution is 2.41. The van der Waals surface area contributed by atoms with Crippen molar-refractivity contribution >= 4 is 27.5 Å². The predicted molar refractivity (Wildman–Crippen MR) is 83.6 cm³/mol. The summed E-state index contributed by atoms with van der Waals surface area (Å²) in [7, 11) is -3.92. The van der Waals surface area contributed by atoms with E-state index in [2.05, 4.69) is 10.2 Å². The first-order chi connectivity index (χ1) is 11.0. The average Bonchev–Trinajstić information content (AvgIpc) is 3.25. The third-order valence-electron chi connectivity index (χ3n) is 4.40. The van der Waals surface area contributed by atoms with Crippen LogP contribution in [-0.4, -0.2) is 34.9 Å². The van der Waals surface area contributed by atoms with Gasteiger partial charge in [-0.15, -0.1) is 0 Å². The number of hydrogen-bond donors (Lipinski definition) is 1. The molecular formula is C15H14ClN3O3S. The Kier molecular flexibility index (Phi) is 3.24. The van der Waals surface area contributed by atoms with Gasteiger partial charge in [-0.3, -0.25) is 9.89 Å². The van der Waals surface area contributed by atoms with E-state index >= 15 is 0 Å². The third-order valence-corrected chi connectivity index (χ3v) is 6.47. The topological polar surface area (TPSA) is 83.1 Å². The van der Waals surface area contributed by atoms with Crippen molar-refractivity contribution in [1.29, 1.82) is 0 Å². The SMILES string of the molecule is O=C1c2cn[nH]c2CC(C2CC2)N1S(=O)(=O)c1ccc(Cl)cc1. The van der Waals surface area contributed by atoms with Gasteiger partial charge in [0.1, 0.15) is 0 Å². The molecule has 1 N–H and O–H groups in total. The fraction of sp³-hybridized carbons (Fsp3) is 0.333. The van der Waals surface area contributed by atoms with Crippen LogP contribution < -0.4 is 0 Å². The second-order valence-electron chi connectivity index (χ2n) is 5.93. The Balaban J connectivity index is 1.81. The van der Waals surface area contributed by atoms with E-state index in [0.29, 0.717) is 17.0 Å². The van der Waals surface area contributed by atoms with Gasteiger partial charge < -0.3 is 0 Å². The van der Waals surface area contributed by atoms with Crippen molar-refractivity contribution in [2.75, 3.05) is 0 Å². The van der Waals surface area contributed by atoms with Crippen LogP contribution in [0.25, 0.3) is 0 Å². The van der Waals surface area contributed by atoms with Crippen molar-refractivity contribution in [2.45, 2.75) is 30.2 Å². The molecule has 0 radical (unpaired) electrons. The molecule has 0 saturated heterocycles.